The average Bonchev–Trinajstić information content (AvgIpc) is 3.58. The van der Waals surface area contributed by atoms with Gasteiger partial charge in [-0.05, 0) is 42.4 Å². The van der Waals surface area contributed by atoms with Crippen molar-refractivity contribution in [2.45, 2.75) is 22.6 Å². The molecule has 7 atom stereocenters. The average molecular weight is 491 g/mol. The highest BCUT2D eigenvalue weighted by Gasteiger charge is 2.69. The van der Waals surface area contributed by atoms with E-state index in [0.717, 1.165) is 27.6 Å². The number of imide groups is 1. The van der Waals surface area contributed by atoms with Gasteiger partial charge in [-0.25, -0.2) is 0 Å². The Kier molecular flexibility index (Phi) is 4.42. The summed E-state index contributed by atoms with van der Waals surface area (Å²) in [6, 6.07) is 17.3. The molecule has 3 heterocycles. The number of nitrogens with zero attached hydrogens (tertiary/aromatic N) is 1. The fraction of sp³-hybridized carbons (Fsp3) is 0.346. The first-order valence-electron chi connectivity index (χ1n) is 11.5. The van der Waals surface area contributed by atoms with Gasteiger partial charge in [0.15, 0.2) is 0 Å². The lowest BCUT2D eigenvalue weighted by Gasteiger charge is -2.43. The van der Waals surface area contributed by atoms with E-state index in [1.165, 1.54) is 16.2 Å². The molecule has 2 aromatic carbocycles. The number of methoxy groups -OCH3 is 1. The van der Waals surface area contributed by atoms with E-state index in [9.17, 15) is 14.4 Å². The maximum absolute atomic E-state index is 13.7. The molecule has 1 N–H and O–H groups in total. The lowest BCUT2D eigenvalue weighted by Crippen LogP contribution is -2.42. The molecule has 2 amide bonds. The minimum absolute atomic E-state index is 0.0361. The van der Waals surface area contributed by atoms with E-state index in [4.69, 9.17) is 4.74 Å². The summed E-state index contributed by atoms with van der Waals surface area (Å²) in [5.74, 6) is 0.427. The number of anilines is 1. The highest BCUT2D eigenvalue weighted by Crippen LogP contribution is 2.69. The Morgan fingerprint density at radius 1 is 0.941 bits per heavy atom. The normalized spacial score (nSPS) is 33.1. The van der Waals surface area contributed by atoms with Gasteiger partial charge in [-0.3, -0.25) is 19.3 Å². The SMILES string of the molecule is COc1ccccc1[C@H]1c2sc(=O)[nH]c2S[C@@H]2[C@H]3C[C@@H]([C@@H]4C(=O)N(c5ccccc5)C(=O)[C@H]34)[C@@H]12. The first kappa shape index (κ1) is 20.5. The summed E-state index contributed by atoms with van der Waals surface area (Å²) in [7, 11) is 1.67. The number of carbonyl (C=O) groups is 2. The van der Waals surface area contributed by atoms with Crippen LogP contribution in [0.5, 0.6) is 5.75 Å². The van der Waals surface area contributed by atoms with Gasteiger partial charge in [-0.15, -0.1) is 11.8 Å². The third kappa shape index (κ3) is 2.61. The Bertz CT molecular complexity index is 1380. The van der Waals surface area contributed by atoms with Crippen LogP contribution >= 0.6 is 23.1 Å². The second-order valence-electron chi connectivity index (χ2n) is 9.55. The standard InChI is InChI=1S/C26H22N2O4S2/c1-32-16-10-6-5-9-13(16)17-18-14-11-15(21(18)33-23-22(17)34-26(31)27-23)20-19(14)24(29)28(25(20)30)12-7-3-2-4-8-12/h2-10,14-15,17-21H,11H2,1H3,(H,27,31)/t14-,15+,17-,18+,19+,20-,21-/m1/s1. The van der Waals surface area contributed by atoms with Crippen LogP contribution in [-0.4, -0.2) is 29.2 Å². The molecule has 2 aliphatic heterocycles. The third-order valence-electron chi connectivity index (χ3n) is 8.21. The molecule has 0 spiro atoms. The van der Waals surface area contributed by atoms with Gasteiger partial charge >= 0.3 is 4.87 Å². The van der Waals surface area contributed by atoms with E-state index in [0.29, 0.717) is 5.69 Å². The van der Waals surface area contributed by atoms with Gasteiger partial charge in [-0.1, -0.05) is 47.7 Å². The van der Waals surface area contributed by atoms with Crippen molar-refractivity contribution in [2.24, 2.45) is 29.6 Å². The van der Waals surface area contributed by atoms with Gasteiger partial charge in [0.05, 0.1) is 29.7 Å². The maximum Gasteiger partial charge on any atom is 0.305 e. The van der Waals surface area contributed by atoms with E-state index >= 15 is 0 Å². The topological polar surface area (TPSA) is 79.5 Å². The quantitative estimate of drug-likeness (QED) is 0.559. The minimum Gasteiger partial charge on any atom is -0.496 e. The lowest BCUT2D eigenvalue weighted by molar-refractivity contribution is -0.123. The van der Waals surface area contributed by atoms with E-state index in [1.807, 2.05) is 48.5 Å². The number of benzene rings is 2. The maximum atomic E-state index is 13.7. The minimum atomic E-state index is -0.297. The summed E-state index contributed by atoms with van der Waals surface area (Å²) in [4.78, 5) is 45.1. The Labute approximate surface area is 204 Å². The molecule has 2 aliphatic carbocycles. The fourth-order valence-corrected chi connectivity index (χ4v) is 10.00. The van der Waals surface area contributed by atoms with Crippen molar-refractivity contribution in [1.82, 2.24) is 4.98 Å². The van der Waals surface area contributed by atoms with Crippen LogP contribution in [-0.2, 0) is 9.59 Å². The van der Waals surface area contributed by atoms with E-state index < -0.39 is 0 Å². The molecule has 3 fully saturated rings. The number of H-pyrrole nitrogens is 1. The monoisotopic (exact) mass is 490 g/mol. The summed E-state index contributed by atoms with van der Waals surface area (Å²) >= 11 is 2.97. The summed E-state index contributed by atoms with van der Waals surface area (Å²) in [6.07, 6.45) is 0.878. The number of nitrogens with one attached hydrogen (secondary N) is 1. The highest BCUT2D eigenvalue weighted by molar-refractivity contribution is 8.00. The molecule has 2 bridgehead atoms. The zero-order valence-corrected chi connectivity index (χ0v) is 20.0. The first-order chi connectivity index (χ1) is 16.6. The number of hydrogen-bond acceptors (Lipinski definition) is 6. The number of thiazole rings is 1. The number of hydrogen-bond donors (Lipinski definition) is 1. The zero-order chi connectivity index (χ0) is 23.1. The van der Waals surface area contributed by atoms with Crippen molar-refractivity contribution >= 4 is 40.6 Å². The van der Waals surface area contributed by atoms with Gasteiger partial charge in [0.2, 0.25) is 11.8 Å². The van der Waals surface area contributed by atoms with E-state index in [-0.39, 0.29) is 57.4 Å². The molecule has 172 valence electrons. The predicted octanol–water partition coefficient (Wildman–Crippen LogP) is 4.12. The molecule has 2 saturated carbocycles. The van der Waals surface area contributed by atoms with Crippen LogP contribution in [0.1, 0.15) is 22.8 Å². The second kappa shape index (κ2) is 7.33. The number of aromatic amines is 1. The van der Waals surface area contributed by atoms with E-state index in [1.54, 1.807) is 18.9 Å². The van der Waals surface area contributed by atoms with Crippen molar-refractivity contribution in [3.05, 3.63) is 74.7 Å². The highest BCUT2D eigenvalue weighted by atomic mass is 32.2. The van der Waals surface area contributed by atoms with Crippen molar-refractivity contribution in [1.29, 1.82) is 0 Å². The molecule has 6 nitrogen and oxygen atoms in total. The smallest absolute Gasteiger partial charge is 0.305 e. The molecule has 1 aromatic heterocycles. The number of fused-ring (bicyclic) bond motifs is 9. The predicted molar refractivity (Wildman–Crippen MR) is 130 cm³/mol. The fourth-order valence-electron chi connectivity index (χ4n) is 7.12. The molecule has 8 heteroatoms. The van der Waals surface area contributed by atoms with Crippen LogP contribution in [0.15, 0.2) is 64.4 Å². The van der Waals surface area contributed by atoms with Crippen LogP contribution < -0.4 is 14.5 Å². The third-order valence-corrected chi connectivity index (χ3v) is 10.8. The number of amides is 2. The number of ether oxygens (including phenoxy) is 1. The van der Waals surface area contributed by atoms with Crippen LogP contribution in [0.4, 0.5) is 5.69 Å². The number of rotatable bonds is 3. The molecule has 34 heavy (non-hydrogen) atoms. The Balaban J connectivity index is 1.36. The molecular weight excluding hydrogens is 468 g/mol. The molecule has 4 aliphatic rings. The molecule has 3 aromatic rings. The largest absolute Gasteiger partial charge is 0.496 e. The zero-order valence-electron chi connectivity index (χ0n) is 18.3. The summed E-state index contributed by atoms with van der Waals surface area (Å²) < 4.78 is 5.73. The van der Waals surface area contributed by atoms with Crippen molar-refractivity contribution in [3.63, 3.8) is 0 Å². The van der Waals surface area contributed by atoms with Gasteiger partial charge < -0.3 is 9.72 Å². The molecule has 1 saturated heterocycles. The molecular formula is C26H22N2O4S2. The summed E-state index contributed by atoms with van der Waals surface area (Å²) in [5, 5.41) is 1.08. The Morgan fingerprint density at radius 3 is 2.41 bits per heavy atom. The lowest BCUT2D eigenvalue weighted by atomic mass is 9.68. The number of carbonyl (C=O) groups excluding carboxylic acids is 2. The molecule has 0 radical (unpaired) electrons. The van der Waals surface area contributed by atoms with Crippen molar-refractivity contribution < 1.29 is 14.3 Å². The second-order valence-corrected chi connectivity index (χ2v) is 11.8. The van der Waals surface area contributed by atoms with Crippen molar-refractivity contribution in [3.8, 4) is 5.75 Å². The van der Waals surface area contributed by atoms with Crippen LogP contribution in [0, 0.1) is 29.6 Å². The van der Waals surface area contributed by atoms with Gasteiger partial charge in [0, 0.05) is 21.6 Å². The van der Waals surface area contributed by atoms with Crippen molar-refractivity contribution in [2.75, 3.05) is 12.0 Å². The number of para-hydroxylation sites is 2. The summed E-state index contributed by atoms with van der Waals surface area (Å²) in [5.41, 5.74) is 1.71. The van der Waals surface area contributed by atoms with Gasteiger partial charge in [-0.2, -0.15) is 0 Å². The van der Waals surface area contributed by atoms with Crippen LogP contribution in [0.3, 0.4) is 0 Å². The summed E-state index contributed by atoms with van der Waals surface area (Å²) in [6.45, 7) is 0. The first-order valence-corrected chi connectivity index (χ1v) is 13.2. The number of aromatic nitrogens is 1. The Hall–Kier alpha value is -2.84. The number of thioether (sulfide) groups is 1. The van der Waals surface area contributed by atoms with Gasteiger partial charge in [0.1, 0.15) is 5.75 Å². The Morgan fingerprint density at radius 2 is 1.65 bits per heavy atom. The molecule has 7 rings (SSSR count). The van der Waals surface area contributed by atoms with Crippen LogP contribution in [0.25, 0.3) is 0 Å². The van der Waals surface area contributed by atoms with E-state index in [2.05, 4.69) is 11.1 Å². The van der Waals surface area contributed by atoms with Gasteiger partial charge in [0.25, 0.3) is 0 Å². The molecule has 0 unspecified atom stereocenters. The van der Waals surface area contributed by atoms with Crippen LogP contribution in [0.2, 0.25) is 0 Å².